The van der Waals surface area contributed by atoms with Gasteiger partial charge in [-0.2, -0.15) is 0 Å². The Hall–Kier alpha value is -1.15. The standard InChI is InChI=1S/C17H32N2O2/c1-4-6-8-12-16(11-7-5-2)17(21)19-15(3)10-9-13-18-14-20/h15-16H,4-13H2,1-3H3,(H,19,21). The predicted octanol–water partition coefficient (Wildman–Crippen LogP) is 3.99. The summed E-state index contributed by atoms with van der Waals surface area (Å²) >= 11 is 0. The zero-order chi connectivity index (χ0) is 15.9. The maximum Gasteiger partial charge on any atom is 0.234 e. The van der Waals surface area contributed by atoms with Crippen molar-refractivity contribution in [2.75, 3.05) is 6.54 Å². The number of carbonyl (C=O) groups is 1. The number of unbranched alkanes of at least 4 members (excludes halogenated alkanes) is 3. The molecule has 122 valence electrons. The minimum atomic E-state index is 0.148. The lowest BCUT2D eigenvalue weighted by atomic mass is 9.94. The van der Waals surface area contributed by atoms with E-state index in [1.54, 1.807) is 0 Å². The first-order valence-electron chi connectivity index (χ1n) is 8.49. The fraction of sp³-hybridized carbons (Fsp3) is 0.882. The van der Waals surface area contributed by atoms with Crippen LogP contribution < -0.4 is 5.32 Å². The van der Waals surface area contributed by atoms with E-state index in [9.17, 15) is 9.59 Å². The molecular weight excluding hydrogens is 264 g/mol. The average molecular weight is 296 g/mol. The first-order chi connectivity index (χ1) is 10.2. The molecule has 0 spiro atoms. The Balaban J connectivity index is 4.13. The van der Waals surface area contributed by atoms with Crippen molar-refractivity contribution in [3.8, 4) is 0 Å². The molecule has 0 aliphatic rings. The van der Waals surface area contributed by atoms with Crippen LogP contribution in [0.5, 0.6) is 0 Å². The maximum absolute atomic E-state index is 12.3. The highest BCUT2D eigenvalue weighted by atomic mass is 16.2. The number of isocyanates is 1. The van der Waals surface area contributed by atoms with E-state index in [2.05, 4.69) is 24.2 Å². The van der Waals surface area contributed by atoms with Crippen LogP contribution in [0.15, 0.2) is 4.99 Å². The molecule has 0 heterocycles. The average Bonchev–Trinajstić information content (AvgIpc) is 2.47. The third kappa shape index (κ3) is 11.2. The molecule has 2 atom stereocenters. The molecule has 0 aliphatic heterocycles. The van der Waals surface area contributed by atoms with Gasteiger partial charge in [-0.15, -0.1) is 0 Å². The summed E-state index contributed by atoms with van der Waals surface area (Å²) in [6.07, 6.45) is 11.0. The number of aliphatic imine (C=N–C) groups is 1. The van der Waals surface area contributed by atoms with Crippen LogP contribution in [0.1, 0.15) is 78.6 Å². The van der Waals surface area contributed by atoms with Gasteiger partial charge in [-0.25, -0.2) is 9.79 Å². The second kappa shape index (κ2) is 13.8. The summed E-state index contributed by atoms with van der Waals surface area (Å²) in [5.41, 5.74) is 0. The van der Waals surface area contributed by atoms with Crippen LogP contribution in [0.4, 0.5) is 0 Å². The van der Waals surface area contributed by atoms with Crippen LogP contribution in [0, 0.1) is 5.92 Å². The van der Waals surface area contributed by atoms with Crippen molar-refractivity contribution in [3.05, 3.63) is 0 Å². The van der Waals surface area contributed by atoms with Crippen molar-refractivity contribution in [2.45, 2.75) is 84.6 Å². The monoisotopic (exact) mass is 296 g/mol. The van der Waals surface area contributed by atoms with Crippen molar-refractivity contribution in [2.24, 2.45) is 10.9 Å². The van der Waals surface area contributed by atoms with E-state index in [1.165, 1.54) is 18.9 Å². The number of hydrogen-bond donors (Lipinski definition) is 1. The van der Waals surface area contributed by atoms with Crippen LogP contribution in [0.25, 0.3) is 0 Å². The fourth-order valence-electron chi connectivity index (χ4n) is 2.45. The zero-order valence-corrected chi connectivity index (χ0v) is 14.0. The summed E-state index contributed by atoms with van der Waals surface area (Å²) in [6.45, 7) is 6.87. The van der Waals surface area contributed by atoms with Gasteiger partial charge >= 0.3 is 0 Å². The van der Waals surface area contributed by atoms with Crippen LogP contribution >= 0.6 is 0 Å². The van der Waals surface area contributed by atoms with Gasteiger partial charge in [0.1, 0.15) is 0 Å². The van der Waals surface area contributed by atoms with E-state index in [0.29, 0.717) is 6.54 Å². The molecule has 0 bridgehead atoms. The highest BCUT2D eigenvalue weighted by Crippen LogP contribution is 2.17. The lowest BCUT2D eigenvalue weighted by molar-refractivity contribution is -0.126. The highest BCUT2D eigenvalue weighted by molar-refractivity contribution is 5.78. The van der Waals surface area contributed by atoms with E-state index in [4.69, 9.17) is 0 Å². The van der Waals surface area contributed by atoms with E-state index in [0.717, 1.165) is 44.9 Å². The van der Waals surface area contributed by atoms with Gasteiger partial charge < -0.3 is 5.32 Å². The van der Waals surface area contributed by atoms with Crippen molar-refractivity contribution in [1.29, 1.82) is 0 Å². The number of amides is 1. The molecule has 0 aromatic heterocycles. The van der Waals surface area contributed by atoms with Crippen LogP contribution in [-0.4, -0.2) is 24.6 Å². The van der Waals surface area contributed by atoms with Crippen LogP contribution in [-0.2, 0) is 9.59 Å². The number of hydrogen-bond acceptors (Lipinski definition) is 3. The molecule has 0 aromatic rings. The largest absolute Gasteiger partial charge is 0.353 e. The summed E-state index contributed by atoms with van der Waals surface area (Å²) in [7, 11) is 0. The molecule has 0 rings (SSSR count). The normalized spacial score (nSPS) is 13.3. The molecule has 0 radical (unpaired) electrons. The Bertz CT molecular complexity index is 312. The third-order valence-corrected chi connectivity index (χ3v) is 3.79. The van der Waals surface area contributed by atoms with Gasteiger partial charge in [-0.05, 0) is 32.6 Å². The van der Waals surface area contributed by atoms with E-state index >= 15 is 0 Å². The smallest absolute Gasteiger partial charge is 0.234 e. The lowest BCUT2D eigenvalue weighted by Crippen LogP contribution is -2.37. The Kier molecular flexibility index (Phi) is 13.1. The fourth-order valence-corrected chi connectivity index (χ4v) is 2.45. The number of rotatable bonds is 13. The molecule has 1 N–H and O–H groups in total. The molecule has 4 nitrogen and oxygen atoms in total. The van der Waals surface area contributed by atoms with Gasteiger partial charge in [0.05, 0.1) is 6.54 Å². The summed E-state index contributed by atoms with van der Waals surface area (Å²) in [4.78, 5) is 25.9. The van der Waals surface area contributed by atoms with Crippen molar-refractivity contribution < 1.29 is 9.59 Å². The second-order valence-electron chi connectivity index (χ2n) is 5.86. The minimum Gasteiger partial charge on any atom is -0.353 e. The number of carbonyl (C=O) groups excluding carboxylic acids is 2. The Morgan fingerprint density at radius 1 is 1.05 bits per heavy atom. The first kappa shape index (κ1) is 19.9. The molecule has 0 aliphatic carbocycles. The number of nitrogens with one attached hydrogen (secondary N) is 1. The van der Waals surface area contributed by atoms with Gasteiger partial charge in [0.2, 0.25) is 12.0 Å². The topological polar surface area (TPSA) is 58.5 Å². The summed E-state index contributed by atoms with van der Waals surface area (Å²) in [6, 6.07) is 0.148. The van der Waals surface area contributed by atoms with Gasteiger partial charge in [0.15, 0.2) is 0 Å². The summed E-state index contributed by atoms with van der Waals surface area (Å²) in [5, 5.41) is 3.11. The van der Waals surface area contributed by atoms with E-state index in [-0.39, 0.29) is 17.9 Å². The minimum absolute atomic E-state index is 0.148. The summed E-state index contributed by atoms with van der Waals surface area (Å²) in [5.74, 6) is 0.359. The molecule has 0 aromatic carbocycles. The SMILES string of the molecule is CCCCCC(CCCC)C(=O)NC(C)CCCN=C=O. The first-order valence-corrected chi connectivity index (χ1v) is 8.49. The Morgan fingerprint density at radius 3 is 2.33 bits per heavy atom. The van der Waals surface area contributed by atoms with Gasteiger partial charge in [-0.3, -0.25) is 4.79 Å². The summed E-state index contributed by atoms with van der Waals surface area (Å²) < 4.78 is 0. The molecule has 4 heteroatoms. The van der Waals surface area contributed by atoms with Gasteiger partial charge in [0.25, 0.3) is 0 Å². The second-order valence-corrected chi connectivity index (χ2v) is 5.86. The predicted molar refractivity (Wildman–Crippen MR) is 87.0 cm³/mol. The van der Waals surface area contributed by atoms with E-state index in [1.807, 2.05) is 6.92 Å². The maximum atomic E-state index is 12.3. The van der Waals surface area contributed by atoms with E-state index < -0.39 is 0 Å². The molecule has 0 fully saturated rings. The third-order valence-electron chi connectivity index (χ3n) is 3.79. The molecule has 2 unspecified atom stereocenters. The number of nitrogens with zero attached hydrogens (tertiary/aromatic N) is 1. The zero-order valence-electron chi connectivity index (χ0n) is 14.0. The van der Waals surface area contributed by atoms with Crippen molar-refractivity contribution in [3.63, 3.8) is 0 Å². The Morgan fingerprint density at radius 2 is 1.71 bits per heavy atom. The van der Waals surface area contributed by atoms with Crippen molar-refractivity contribution >= 4 is 12.0 Å². The van der Waals surface area contributed by atoms with Crippen LogP contribution in [0.3, 0.4) is 0 Å². The van der Waals surface area contributed by atoms with Crippen molar-refractivity contribution in [1.82, 2.24) is 5.32 Å². The quantitative estimate of drug-likeness (QED) is 0.317. The molecule has 0 saturated carbocycles. The van der Waals surface area contributed by atoms with Crippen LogP contribution in [0.2, 0.25) is 0 Å². The Labute approximate surface area is 129 Å². The lowest BCUT2D eigenvalue weighted by Gasteiger charge is -2.20. The molecule has 21 heavy (non-hydrogen) atoms. The van der Waals surface area contributed by atoms with Gasteiger partial charge in [0, 0.05) is 12.0 Å². The van der Waals surface area contributed by atoms with Gasteiger partial charge in [-0.1, -0.05) is 46.0 Å². The molecular formula is C17H32N2O2. The molecule has 1 amide bonds. The molecule has 0 saturated heterocycles. The highest BCUT2D eigenvalue weighted by Gasteiger charge is 2.18.